The minimum Gasteiger partial charge on any atom is -0.310 e. The van der Waals surface area contributed by atoms with E-state index in [1.165, 1.54) is 0 Å². The van der Waals surface area contributed by atoms with Gasteiger partial charge in [-0.2, -0.15) is 0 Å². The highest BCUT2D eigenvalue weighted by Gasteiger charge is 2.15. The third-order valence-corrected chi connectivity index (χ3v) is 8.78. The second kappa shape index (κ2) is 14.3. The molecule has 1 heteroatoms. The van der Waals surface area contributed by atoms with Crippen molar-refractivity contribution >= 4 is 27.8 Å². The molecule has 53 heavy (non-hydrogen) atoms. The third kappa shape index (κ3) is 6.77. The molecular formula is C52H37N. The molecule has 9 aromatic rings. The van der Waals surface area contributed by atoms with Crippen LogP contribution in [0.15, 0.2) is 224 Å². The average Bonchev–Trinajstić information content (AvgIpc) is 3.37. The Morgan fingerprint density at radius 1 is 0.283 bits per heavy atom. The Kier molecular flexibility index (Phi) is 5.01. The largest absolute Gasteiger partial charge is 0.310 e. The second-order valence-corrected chi connectivity index (χ2v) is 12.1. The quantitative estimate of drug-likeness (QED) is 0.153. The zero-order chi connectivity index (χ0) is 50.2. The lowest BCUT2D eigenvalue weighted by molar-refractivity contribution is 1.28. The first-order chi connectivity index (χ1) is 33.3. The van der Waals surface area contributed by atoms with Gasteiger partial charge >= 0.3 is 0 Å². The molecule has 0 bridgehead atoms. The summed E-state index contributed by atoms with van der Waals surface area (Å²) in [5.41, 5.74) is 0.738. The number of rotatable bonds is 8. The van der Waals surface area contributed by atoms with E-state index in [9.17, 15) is 8.22 Å². The van der Waals surface area contributed by atoms with Gasteiger partial charge in [-0.25, -0.2) is 0 Å². The predicted molar refractivity (Wildman–Crippen MR) is 226 cm³/mol. The van der Waals surface area contributed by atoms with E-state index in [-0.39, 0.29) is 16.9 Å². The van der Waals surface area contributed by atoms with E-state index >= 15 is 0 Å². The molecule has 0 atom stereocenters. The van der Waals surface area contributed by atoms with Gasteiger partial charge < -0.3 is 4.90 Å². The van der Waals surface area contributed by atoms with Crippen molar-refractivity contribution in [1.29, 1.82) is 0 Å². The Morgan fingerprint density at radius 2 is 0.774 bits per heavy atom. The molecule has 0 aliphatic rings. The van der Waals surface area contributed by atoms with Gasteiger partial charge in [-0.3, -0.25) is 0 Å². The standard InChI is InChI=1S/C52H37N/c1-3-10-38(11-4-1)41-18-22-43(23-19-41)45-28-32-50(33-29-45)53(52-17-9-16-48(37-52)49-27-26-40-14-7-8-15-47(40)36-49)51-34-30-46(31-35-51)44-24-20-42(21-25-44)39-12-5-2-6-13-39/h1-37H/i1D,3D,4D,9D,10D,11D,16D,17D,18D,19D,22D,23D,28D,29D,32D,33D,37D. The molecule has 0 saturated carbocycles. The maximum absolute atomic E-state index is 9.72. The summed E-state index contributed by atoms with van der Waals surface area (Å²) in [6.45, 7) is 0. The molecule has 0 radical (unpaired) electrons. The molecule has 0 N–H and O–H groups in total. The smallest absolute Gasteiger partial charge is 0.0651 e. The molecular weight excluding hydrogens is 639 g/mol. The van der Waals surface area contributed by atoms with Crippen LogP contribution in [0.2, 0.25) is 0 Å². The average molecular weight is 693 g/mol. The van der Waals surface area contributed by atoms with Crippen molar-refractivity contribution in [3.05, 3.63) is 224 Å². The van der Waals surface area contributed by atoms with Gasteiger partial charge in [-0.15, -0.1) is 0 Å². The van der Waals surface area contributed by atoms with E-state index in [1.54, 1.807) is 42.5 Å². The van der Waals surface area contributed by atoms with Crippen molar-refractivity contribution in [2.75, 3.05) is 4.90 Å². The number of fused-ring (bicyclic) bond motifs is 1. The Labute approximate surface area is 335 Å². The number of nitrogens with zero attached hydrogens (tertiary/aromatic N) is 1. The summed E-state index contributed by atoms with van der Waals surface area (Å²) in [6, 6.07) is 24.5. The number of benzene rings is 9. The first kappa shape index (κ1) is 18.5. The van der Waals surface area contributed by atoms with Crippen LogP contribution in [-0.4, -0.2) is 0 Å². The van der Waals surface area contributed by atoms with Crippen LogP contribution in [0, 0.1) is 0 Å². The van der Waals surface area contributed by atoms with Crippen LogP contribution >= 0.6 is 0 Å². The number of hydrogen-bond acceptors (Lipinski definition) is 1. The molecule has 1 nitrogen and oxygen atoms in total. The molecule has 250 valence electrons. The third-order valence-electron chi connectivity index (χ3n) is 8.78. The molecule has 0 unspecified atom stereocenters. The van der Waals surface area contributed by atoms with Gasteiger partial charge in [0.05, 0.1) is 23.3 Å². The summed E-state index contributed by atoms with van der Waals surface area (Å²) >= 11 is 0. The molecule has 9 aromatic carbocycles. The maximum atomic E-state index is 9.72. The first-order valence-corrected chi connectivity index (χ1v) is 16.8. The lowest BCUT2D eigenvalue weighted by Crippen LogP contribution is -2.10. The van der Waals surface area contributed by atoms with Gasteiger partial charge in [0.25, 0.3) is 0 Å². The zero-order valence-corrected chi connectivity index (χ0v) is 28.0. The van der Waals surface area contributed by atoms with Crippen molar-refractivity contribution in [2.45, 2.75) is 0 Å². The van der Waals surface area contributed by atoms with Crippen LogP contribution in [0.5, 0.6) is 0 Å². The van der Waals surface area contributed by atoms with Crippen molar-refractivity contribution in [2.24, 2.45) is 0 Å². The molecule has 0 aliphatic carbocycles. The zero-order valence-electron chi connectivity index (χ0n) is 45.0. The summed E-state index contributed by atoms with van der Waals surface area (Å²) in [7, 11) is 0. The Bertz CT molecular complexity index is 3530. The second-order valence-electron chi connectivity index (χ2n) is 12.1. The molecule has 0 fully saturated rings. The van der Waals surface area contributed by atoms with E-state index in [4.69, 9.17) is 15.1 Å². The van der Waals surface area contributed by atoms with Crippen LogP contribution in [0.3, 0.4) is 0 Å². The highest BCUT2D eigenvalue weighted by molar-refractivity contribution is 5.89. The van der Waals surface area contributed by atoms with Crippen LogP contribution < -0.4 is 4.90 Å². The summed E-state index contributed by atoms with van der Waals surface area (Å²) < 4.78 is 152. The van der Waals surface area contributed by atoms with Crippen LogP contribution in [0.25, 0.3) is 66.4 Å². The van der Waals surface area contributed by atoms with E-state index in [1.807, 2.05) is 78.9 Å². The van der Waals surface area contributed by atoms with Gasteiger partial charge in [0.2, 0.25) is 0 Å². The fourth-order valence-electron chi connectivity index (χ4n) is 6.07. The van der Waals surface area contributed by atoms with Crippen molar-refractivity contribution in [3.8, 4) is 55.6 Å². The van der Waals surface area contributed by atoms with Gasteiger partial charge in [-0.05, 0) is 109 Å². The SMILES string of the molecule is [2H]c1c([2H])c([2H])c(-c2c([2H])c([2H])c(-c3c([2H])c([2H])c(N(c4ccc(-c5ccc(-c6ccccc6)cc5)cc4)c4c([2H])c([2H])c([2H])c(-c5ccc6ccccc6c5)c4[2H])c([2H])c3[2H])c([2H])c2[2H])c([2H])c1[2H]. The van der Waals surface area contributed by atoms with E-state index < -0.39 is 131 Å². The predicted octanol–water partition coefficient (Wildman–Crippen LogP) is 14.6. The Hall–Kier alpha value is -6.96. The Morgan fingerprint density at radius 3 is 1.42 bits per heavy atom. The fourth-order valence-corrected chi connectivity index (χ4v) is 6.07. The number of anilines is 3. The van der Waals surface area contributed by atoms with E-state index in [0.717, 1.165) is 37.9 Å². The molecule has 9 rings (SSSR count). The van der Waals surface area contributed by atoms with Gasteiger partial charge in [0.15, 0.2) is 0 Å². The Balaban J connectivity index is 1.27. The molecule has 0 saturated heterocycles. The minimum atomic E-state index is -0.868. The lowest BCUT2D eigenvalue weighted by Gasteiger charge is -2.26. The summed E-state index contributed by atoms with van der Waals surface area (Å²) in [6.07, 6.45) is 0. The molecule has 0 amide bonds. The molecule has 0 aromatic heterocycles. The van der Waals surface area contributed by atoms with Crippen LogP contribution in [0.4, 0.5) is 17.1 Å². The lowest BCUT2D eigenvalue weighted by atomic mass is 9.99. The van der Waals surface area contributed by atoms with Crippen molar-refractivity contribution in [3.63, 3.8) is 0 Å². The van der Waals surface area contributed by atoms with E-state index in [2.05, 4.69) is 0 Å². The fraction of sp³-hybridized carbons (Fsp3) is 0. The van der Waals surface area contributed by atoms with Gasteiger partial charge in [0, 0.05) is 17.1 Å². The van der Waals surface area contributed by atoms with Crippen molar-refractivity contribution in [1.82, 2.24) is 0 Å². The maximum Gasteiger partial charge on any atom is 0.0651 e. The summed E-state index contributed by atoms with van der Waals surface area (Å²) in [5.74, 6) is 0. The van der Waals surface area contributed by atoms with Crippen molar-refractivity contribution < 1.29 is 23.3 Å². The summed E-state index contributed by atoms with van der Waals surface area (Å²) in [5, 5.41) is 1.65. The highest BCUT2D eigenvalue weighted by Crippen LogP contribution is 2.39. The summed E-state index contributed by atoms with van der Waals surface area (Å²) in [4.78, 5) is 1.16. The minimum absolute atomic E-state index is 0.0309. The topological polar surface area (TPSA) is 3.24 Å². The molecule has 0 aliphatic heterocycles. The normalized spacial score (nSPS) is 15.5. The van der Waals surface area contributed by atoms with E-state index in [0.29, 0.717) is 5.56 Å². The number of hydrogen-bond donors (Lipinski definition) is 0. The van der Waals surface area contributed by atoms with Gasteiger partial charge in [0.1, 0.15) is 0 Å². The monoisotopic (exact) mass is 692 g/mol. The molecule has 0 spiro atoms. The van der Waals surface area contributed by atoms with Crippen LogP contribution in [-0.2, 0) is 0 Å². The highest BCUT2D eigenvalue weighted by atomic mass is 15.1. The van der Waals surface area contributed by atoms with Crippen LogP contribution in [0.1, 0.15) is 23.3 Å². The van der Waals surface area contributed by atoms with Gasteiger partial charge in [-0.1, -0.05) is 182 Å². The first-order valence-electron chi connectivity index (χ1n) is 25.3. The molecule has 0 heterocycles.